The fourth-order valence-corrected chi connectivity index (χ4v) is 2.47. The van der Waals surface area contributed by atoms with Gasteiger partial charge in [-0.15, -0.1) is 11.3 Å². The number of piperidine rings is 1. The van der Waals surface area contributed by atoms with Gasteiger partial charge in [0.15, 0.2) is 5.13 Å². The molecule has 1 saturated heterocycles. The maximum absolute atomic E-state index is 12.0. The van der Waals surface area contributed by atoms with Crippen molar-refractivity contribution in [1.29, 1.82) is 0 Å². The fraction of sp³-hybridized carbons (Fsp3) is 0.600. The van der Waals surface area contributed by atoms with E-state index in [4.69, 9.17) is 5.73 Å². The van der Waals surface area contributed by atoms with Gasteiger partial charge in [-0.25, -0.2) is 4.98 Å². The van der Waals surface area contributed by atoms with E-state index in [1.165, 1.54) is 17.8 Å². The summed E-state index contributed by atoms with van der Waals surface area (Å²) in [6.07, 6.45) is 3.39. The molecule has 0 saturated carbocycles. The van der Waals surface area contributed by atoms with E-state index >= 15 is 0 Å². The average molecular weight is 225 g/mol. The zero-order valence-corrected chi connectivity index (χ0v) is 9.59. The maximum atomic E-state index is 12.0. The standard InChI is InChI=1S/C10H15N3OS/c1-7-4-2-3-5-13(7)9(14)8-6-15-10(11)12-8/h6-7H,2-5H2,1H3,(H2,11,12). The smallest absolute Gasteiger partial charge is 0.273 e. The van der Waals surface area contributed by atoms with Crippen LogP contribution in [0.15, 0.2) is 5.38 Å². The predicted octanol–water partition coefficient (Wildman–Crippen LogP) is 1.74. The lowest BCUT2D eigenvalue weighted by molar-refractivity contribution is 0.0630. The third-order valence-corrected chi connectivity index (χ3v) is 3.48. The quantitative estimate of drug-likeness (QED) is 0.792. The Balaban J connectivity index is 2.13. The number of thiazole rings is 1. The van der Waals surface area contributed by atoms with E-state index in [1.54, 1.807) is 5.38 Å². The molecule has 1 fully saturated rings. The molecule has 1 amide bonds. The van der Waals surface area contributed by atoms with Crippen molar-refractivity contribution >= 4 is 22.4 Å². The number of carbonyl (C=O) groups is 1. The largest absolute Gasteiger partial charge is 0.375 e. The molecule has 15 heavy (non-hydrogen) atoms. The van der Waals surface area contributed by atoms with Gasteiger partial charge in [-0.05, 0) is 26.2 Å². The average Bonchev–Trinajstić information content (AvgIpc) is 2.65. The van der Waals surface area contributed by atoms with E-state index in [0.29, 0.717) is 16.9 Å². The van der Waals surface area contributed by atoms with Crippen LogP contribution >= 0.6 is 11.3 Å². The van der Waals surface area contributed by atoms with Crippen LogP contribution in [0, 0.1) is 0 Å². The molecule has 0 bridgehead atoms. The molecule has 0 aliphatic carbocycles. The Kier molecular flexibility index (Phi) is 2.90. The highest BCUT2D eigenvalue weighted by Crippen LogP contribution is 2.20. The SMILES string of the molecule is CC1CCCCN1C(=O)c1csc(N)n1. The van der Waals surface area contributed by atoms with Crippen LogP contribution in [-0.4, -0.2) is 28.4 Å². The molecule has 2 heterocycles. The van der Waals surface area contributed by atoms with Crippen molar-refractivity contribution in [1.82, 2.24) is 9.88 Å². The molecule has 4 nitrogen and oxygen atoms in total. The Morgan fingerprint density at radius 1 is 1.67 bits per heavy atom. The highest BCUT2D eigenvalue weighted by molar-refractivity contribution is 7.13. The highest BCUT2D eigenvalue weighted by atomic mass is 32.1. The van der Waals surface area contributed by atoms with Crippen molar-refractivity contribution in [3.05, 3.63) is 11.1 Å². The van der Waals surface area contributed by atoms with Crippen molar-refractivity contribution in [2.75, 3.05) is 12.3 Å². The number of nitrogens with two attached hydrogens (primary N) is 1. The van der Waals surface area contributed by atoms with Crippen molar-refractivity contribution < 1.29 is 4.79 Å². The number of likely N-dealkylation sites (tertiary alicyclic amines) is 1. The number of carbonyl (C=O) groups excluding carboxylic acids is 1. The molecule has 1 aromatic heterocycles. The van der Waals surface area contributed by atoms with E-state index in [1.807, 2.05) is 4.90 Å². The summed E-state index contributed by atoms with van der Waals surface area (Å²) in [6.45, 7) is 2.93. The van der Waals surface area contributed by atoms with Gasteiger partial charge in [0.25, 0.3) is 5.91 Å². The number of anilines is 1. The first-order chi connectivity index (χ1) is 7.18. The van der Waals surface area contributed by atoms with Crippen molar-refractivity contribution in [2.45, 2.75) is 32.2 Å². The molecular formula is C10H15N3OS. The molecule has 82 valence electrons. The number of amides is 1. The molecule has 0 aromatic carbocycles. The molecular weight excluding hydrogens is 210 g/mol. The minimum absolute atomic E-state index is 0.0233. The Bertz CT molecular complexity index is 363. The zero-order chi connectivity index (χ0) is 10.8. The molecule has 2 rings (SSSR count). The summed E-state index contributed by atoms with van der Waals surface area (Å²) < 4.78 is 0. The van der Waals surface area contributed by atoms with Gasteiger partial charge in [-0.3, -0.25) is 4.79 Å². The number of nitrogen functional groups attached to an aromatic ring is 1. The topological polar surface area (TPSA) is 59.2 Å². The van der Waals surface area contributed by atoms with Gasteiger partial charge in [-0.2, -0.15) is 0 Å². The first kappa shape index (κ1) is 10.4. The lowest BCUT2D eigenvalue weighted by Gasteiger charge is -2.32. The van der Waals surface area contributed by atoms with Crippen LogP contribution in [0.5, 0.6) is 0 Å². The number of hydrogen-bond donors (Lipinski definition) is 1. The Morgan fingerprint density at radius 2 is 2.47 bits per heavy atom. The van der Waals surface area contributed by atoms with Gasteiger partial charge in [0, 0.05) is 18.0 Å². The molecule has 2 N–H and O–H groups in total. The van der Waals surface area contributed by atoms with Gasteiger partial charge in [0.05, 0.1) is 0 Å². The molecule has 1 aliphatic heterocycles. The van der Waals surface area contributed by atoms with Gasteiger partial charge < -0.3 is 10.6 Å². The van der Waals surface area contributed by atoms with Crippen LogP contribution in [0.3, 0.4) is 0 Å². The molecule has 0 radical (unpaired) electrons. The summed E-state index contributed by atoms with van der Waals surface area (Å²) >= 11 is 1.32. The van der Waals surface area contributed by atoms with Crippen molar-refractivity contribution in [2.24, 2.45) is 0 Å². The minimum Gasteiger partial charge on any atom is -0.375 e. The minimum atomic E-state index is 0.0233. The second-order valence-electron chi connectivity index (χ2n) is 3.91. The summed E-state index contributed by atoms with van der Waals surface area (Å²) in [5, 5.41) is 2.20. The van der Waals surface area contributed by atoms with Crippen molar-refractivity contribution in [3.63, 3.8) is 0 Å². The molecule has 1 unspecified atom stereocenters. The van der Waals surface area contributed by atoms with Gasteiger partial charge in [0.1, 0.15) is 5.69 Å². The number of nitrogens with zero attached hydrogens (tertiary/aromatic N) is 2. The van der Waals surface area contributed by atoms with Crippen LogP contribution in [-0.2, 0) is 0 Å². The second kappa shape index (κ2) is 4.18. The maximum Gasteiger partial charge on any atom is 0.273 e. The molecule has 1 aromatic rings. The molecule has 0 spiro atoms. The summed E-state index contributed by atoms with van der Waals surface area (Å²) in [5.74, 6) is 0.0233. The zero-order valence-electron chi connectivity index (χ0n) is 8.77. The number of rotatable bonds is 1. The second-order valence-corrected chi connectivity index (χ2v) is 4.80. The number of hydrogen-bond acceptors (Lipinski definition) is 4. The van der Waals surface area contributed by atoms with Crippen LogP contribution in [0.4, 0.5) is 5.13 Å². The molecule has 5 heteroatoms. The van der Waals surface area contributed by atoms with Crippen LogP contribution in [0.25, 0.3) is 0 Å². The monoisotopic (exact) mass is 225 g/mol. The van der Waals surface area contributed by atoms with Crippen LogP contribution in [0.1, 0.15) is 36.7 Å². The predicted molar refractivity (Wildman–Crippen MR) is 60.9 cm³/mol. The van der Waals surface area contributed by atoms with E-state index in [9.17, 15) is 4.79 Å². The highest BCUT2D eigenvalue weighted by Gasteiger charge is 2.25. The summed E-state index contributed by atoms with van der Waals surface area (Å²) in [6, 6.07) is 0.328. The van der Waals surface area contributed by atoms with E-state index in [0.717, 1.165) is 19.4 Å². The van der Waals surface area contributed by atoms with Crippen LogP contribution < -0.4 is 5.73 Å². The molecule has 1 atom stereocenters. The first-order valence-corrected chi connectivity index (χ1v) is 6.08. The lowest BCUT2D eigenvalue weighted by Crippen LogP contribution is -2.42. The van der Waals surface area contributed by atoms with Gasteiger partial charge in [-0.1, -0.05) is 0 Å². The first-order valence-electron chi connectivity index (χ1n) is 5.20. The van der Waals surface area contributed by atoms with E-state index in [2.05, 4.69) is 11.9 Å². The van der Waals surface area contributed by atoms with Gasteiger partial charge >= 0.3 is 0 Å². The van der Waals surface area contributed by atoms with Crippen LogP contribution in [0.2, 0.25) is 0 Å². The fourth-order valence-electron chi connectivity index (χ4n) is 1.93. The summed E-state index contributed by atoms with van der Waals surface area (Å²) in [7, 11) is 0. The Labute approximate surface area is 93.1 Å². The normalized spacial score (nSPS) is 21.7. The lowest BCUT2D eigenvalue weighted by atomic mass is 10.0. The Morgan fingerprint density at radius 3 is 3.07 bits per heavy atom. The number of aromatic nitrogens is 1. The van der Waals surface area contributed by atoms with E-state index < -0.39 is 0 Å². The Hall–Kier alpha value is -1.10. The van der Waals surface area contributed by atoms with Gasteiger partial charge in [0.2, 0.25) is 0 Å². The summed E-state index contributed by atoms with van der Waals surface area (Å²) in [4.78, 5) is 18.0. The molecule has 1 aliphatic rings. The van der Waals surface area contributed by atoms with Crippen molar-refractivity contribution in [3.8, 4) is 0 Å². The van der Waals surface area contributed by atoms with E-state index in [-0.39, 0.29) is 5.91 Å². The summed E-state index contributed by atoms with van der Waals surface area (Å²) in [5.41, 5.74) is 6.01. The third-order valence-electron chi connectivity index (χ3n) is 2.80. The third kappa shape index (κ3) is 2.12.